The minimum absolute atomic E-state index is 0.0527. The highest BCUT2D eigenvalue weighted by Crippen LogP contribution is 2.19. The average Bonchev–Trinajstić information content (AvgIpc) is 2.41. The molecule has 0 fully saturated rings. The van der Waals surface area contributed by atoms with Gasteiger partial charge in [0.05, 0.1) is 19.8 Å². The van der Waals surface area contributed by atoms with Gasteiger partial charge in [-0.3, -0.25) is 0 Å². The Bertz CT molecular complexity index is 309. The van der Waals surface area contributed by atoms with E-state index in [2.05, 4.69) is 24.4 Å². The molecule has 4 heteroatoms. The van der Waals surface area contributed by atoms with Crippen LogP contribution in [-0.4, -0.2) is 38.6 Å². The summed E-state index contributed by atoms with van der Waals surface area (Å²) in [5.41, 5.74) is 1.27. The Balaban J connectivity index is 2.35. The van der Waals surface area contributed by atoms with Gasteiger partial charge in [0, 0.05) is 6.04 Å². The maximum atomic E-state index is 8.54. The van der Waals surface area contributed by atoms with Crippen molar-refractivity contribution in [1.82, 2.24) is 5.32 Å². The molecule has 4 nitrogen and oxygen atoms in total. The molecule has 0 aliphatic carbocycles. The minimum atomic E-state index is 0.0527. The fourth-order valence-corrected chi connectivity index (χ4v) is 1.79. The Hall–Kier alpha value is -1.10. The summed E-state index contributed by atoms with van der Waals surface area (Å²) in [5.74, 6) is 0.845. The number of benzene rings is 1. The number of aliphatic hydroxyl groups is 1. The standard InChI is InChI=1S/C14H23NO3/c1-3-14(15-2)12-4-6-13(7-5-12)18-11-10-17-9-8-16/h4-7,14-16H,3,8-11H2,1-2H3. The Labute approximate surface area is 109 Å². The molecule has 0 aliphatic rings. The van der Waals surface area contributed by atoms with Crippen LogP contribution in [0.15, 0.2) is 24.3 Å². The molecule has 0 aromatic heterocycles. The maximum Gasteiger partial charge on any atom is 0.119 e. The molecular formula is C14H23NO3. The lowest BCUT2D eigenvalue weighted by molar-refractivity contribution is 0.0705. The van der Waals surface area contributed by atoms with E-state index in [1.54, 1.807) is 0 Å². The van der Waals surface area contributed by atoms with E-state index in [4.69, 9.17) is 14.6 Å². The van der Waals surface area contributed by atoms with Crippen LogP contribution in [-0.2, 0) is 4.74 Å². The number of nitrogens with one attached hydrogen (secondary N) is 1. The second-order valence-electron chi connectivity index (χ2n) is 4.00. The molecule has 0 amide bonds. The third kappa shape index (κ3) is 5.04. The predicted octanol–water partition coefficient (Wildman–Crippen LogP) is 1.74. The van der Waals surface area contributed by atoms with Gasteiger partial charge in [-0.05, 0) is 31.2 Å². The highest BCUT2D eigenvalue weighted by Gasteiger charge is 2.05. The van der Waals surface area contributed by atoms with Crippen LogP contribution in [0.25, 0.3) is 0 Å². The lowest BCUT2D eigenvalue weighted by atomic mass is 10.1. The summed E-state index contributed by atoms with van der Waals surface area (Å²) in [6.07, 6.45) is 1.06. The van der Waals surface area contributed by atoms with E-state index in [1.807, 2.05) is 19.2 Å². The molecule has 18 heavy (non-hydrogen) atoms. The second-order valence-corrected chi connectivity index (χ2v) is 4.00. The molecule has 1 unspecified atom stereocenters. The van der Waals surface area contributed by atoms with Crippen molar-refractivity contribution in [2.45, 2.75) is 19.4 Å². The Morgan fingerprint density at radius 1 is 1.17 bits per heavy atom. The van der Waals surface area contributed by atoms with Gasteiger partial charge in [-0.25, -0.2) is 0 Å². The fourth-order valence-electron chi connectivity index (χ4n) is 1.79. The van der Waals surface area contributed by atoms with Crippen molar-refractivity contribution in [3.05, 3.63) is 29.8 Å². The molecule has 102 valence electrons. The molecule has 2 N–H and O–H groups in total. The smallest absolute Gasteiger partial charge is 0.119 e. The highest BCUT2D eigenvalue weighted by molar-refractivity contribution is 5.29. The first kappa shape index (κ1) is 15.0. The number of hydrogen-bond acceptors (Lipinski definition) is 4. The predicted molar refractivity (Wildman–Crippen MR) is 71.9 cm³/mol. The van der Waals surface area contributed by atoms with Crippen LogP contribution >= 0.6 is 0 Å². The number of aliphatic hydroxyl groups excluding tert-OH is 1. The van der Waals surface area contributed by atoms with Gasteiger partial charge in [0.25, 0.3) is 0 Å². The zero-order valence-corrected chi connectivity index (χ0v) is 11.2. The van der Waals surface area contributed by atoms with Gasteiger partial charge < -0.3 is 19.9 Å². The van der Waals surface area contributed by atoms with Gasteiger partial charge in [0.15, 0.2) is 0 Å². The zero-order chi connectivity index (χ0) is 13.2. The monoisotopic (exact) mass is 253 g/mol. The van der Waals surface area contributed by atoms with Crippen molar-refractivity contribution in [2.24, 2.45) is 0 Å². The van der Waals surface area contributed by atoms with Crippen molar-refractivity contribution >= 4 is 0 Å². The average molecular weight is 253 g/mol. The Kier molecular flexibility index (Phi) is 7.41. The molecule has 1 rings (SSSR count). The van der Waals surface area contributed by atoms with Crippen LogP contribution < -0.4 is 10.1 Å². The van der Waals surface area contributed by atoms with Crippen LogP contribution in [0.4, 0.5) is 0 Å². The third-order valence-electron chi connectivity index (χ3n) is 2.77. The maximum absolute atomic E-state index is 8.54. The van der Waals surface area contributed by atoms with Gasteiger partial charge in [0.1, 0.15) is 12.4 Å². The summed E-state index contributed by atoms with van der Waals surface area (Å²) in [5, 5.41) is 11.8. The van der Waals surface area contributed by atoms with Crippen molar-refractivity contribution in [1.29, 1.82) is 0 Å². The number of rotatable bonds is 9. The Morgan fingerprint density at radius 3 is 2.44 bits per heavy atom. The van der Waals surface area contributed by atoms with E-state index >= 15 is 0 Å². The largest absolute Gasteiger partial charge is 0.491 e. The number of hydrogen-bond donors (Lipinski definition) is 2. The van der Waals surface area contributed by atoms with Gasteiger partial charge in [-0.1, -0.05) is 19.1 Å². The van der Waals surface area contributed by atoms with Crippen LogP contribution in [0.3, 0.4) is 0 Å². The molecule has 0 saturated carbocycles. The number of ether oxygens (including phenoxy) is 2. The molecule has 1 aromatic carbocycles. The molecular weight excluding hydrogens is 230 g/mol. The van der Waals surface area contributed by atoms with Crippen LogP contribution in [0, 0.1) is 0 Å². The van der Waals surface area contributed by atoms with Crippen molar-refractivity contribution in [2.75, 3.05) is 33.5 Å². The topological polar surface area (TPSA) is 50.7 Å². The molecule has 0 heterocycles. The van der Waals surface area contributed by atoms with E-state index in [0.29, 0.717) is 25.9 Å². The zero-order valence-electron chi connectivity index (χ0n) is 11.2. The van der Waals surface area contributed by atoms with E-state index in [9.17, 15) is 0 Å². The van der Waals surface area contributed by atoms with Crippen LogP contribution in [0.1, 0.15) is 24.9 Å². The molecule has 0 saturated heterocycles. The summed E-state index contributed by atoms with van der Waals surface area (Å²) >= 11 is 0. The van der Waals surface area contributed by atoms with Crippen molar-refractivity contribution < 1.29 is 14.6 Å². The molecule has 0 aliphatic heterocycles. The Morgan fingerprint density at radius 2 is 1.89 bits per heavy atom. The SMILES string of the molecule is CCC(NC)c1ccc(OCCOCCO)cc1. The summed E-state index contributed by atoms with van der Waals surface area (Å²) in [6.45, 7) is 3.57. The van der Waals surface area contributed by atoms with E-state index in [1.165, 1.54) is 5.56 Å². The fraction of sp³-hybridized carbons (Fsp3) is 0.571. The molecule has 0 bridgehead atoms. The lowest BCUT2D eigenvalue weighted by Crippen LogP contribution is -2.15. The van der Waals surface area contributed by atoms with Gasteiger partial charge in [0.2, 0.25) is 0 Å². The van der Waals surface area contributed by atoms with Gasteiger partial charge >= 0.3 is 0 Å². The lowest BCUT2D eigenvalue weighted by Gasteiger charge is -2.14. The molecule has 0 spiro atoms. The summed E-state index contributed by atoms with van der Waals surface area (Å²) in [4.78, 5) is 0. The molecule has 1 atom stereocenters. The van der Waals surface area contributed by atoms with Crippen molar-refractivity contribution in [3.63, 3.8) is 0 Å². The first-order chi connectivity index (χ1) is 8.81. The van der Waals surface area contributed by atoms with Crippen LogP contribution in [0.5, 0.6) is 5.75 Å². The first-order valence-electron chi connectivity index (χ1n) is 6.40. The van der Waals surface area contributed by atoms with Gasteiger partial charge in [-0.15, -0.1) is 0 Å². The quantitative estimate of drug-likeness (QED) is 0.658. The first-order valence-corrected chi connectivity index (χ1v) is 6.40. The van der Waals surface area contributed by atoms with E-state index < -0.39 is 0 Å². The van der Waals surface area contributed by atoms with E-state index in [0.717, 1.165) is 12.2 Å². The van der Waals surface area contributed by atoms with Crippen LogP contribution in [0.2, 0.25) is 0 Å². The van der Waals surface area contributed by atoms with Crippen molar-refractivity contribution in [3.8, 4) is 5.75 Å². The molecule has 1 aromatic rings. The second kappa shape index (κ2) is 8.91. The minimum Gasteiger partial charge on any atom is -0.491 e. The summed E-state index contributed by atoms with van der Waals surface area (Å²) < 4.78 is 10.6. The summed E-state index contributed by atoms with van der Waals surface area (Å²) in [7, 11) is 1.97. The molecule has 0 radical (unpaired) electrons. The summed E-state index contributed by atoms with van der Waals surface area (Å²) in [6, 6.07) is 8.50. The third-order valence-corrected chi connectivity index (χ3v) is 2.77. The normalized spacial score (nSPS) is 12.4. The van der Waals surface area contributed by atoms with Gasteiger partial charge in [-0.2, -0.15) is 0 Å². The highest BCUT2D eigenvalue weighted by atomic mass is 16.5. The van der Waals surface area contributed by atoms with E-state index in [-0.39, 0.29) is 6.61 Å².